The van der Waals surface area contributed by atoms with Crippen LogP contribution in [0.15, 0.2) is 92.3 Å². The Balaban J connectivity index is 1.28. The SMILES string of the molecule is O=C(c1cc(F)ccc1N(C(=O)Nc1ncc(Sc2ncc[nH]2)s1)N(C(=O)Nc1ncc(Sc2ncc[nH]2)s1)c1ccc(C(F)(F)F)cc1C(=O)C1CCCC1)C1CCCC1. The van der Waals surface area contributed by atoms with Gasteiger partial charge in [-0.2, -0.15) is 23.2 Å². The molecule has 4 amide bonds. The van der Waals surface area contributed by atoms with Gasteiger partial charge in [0.05, 0.1) is 37.8 Å². The molecule has 61 heavy (non-hydrogen) atoms. The Morgan fingerprint density at radius 1 is 0.672 bits per heavy atom. The van der Waals surface area contributed by atoms with Gasteiger partial charge in [0.2, 0.25) is 0 Å². The second-order valence-corrected chi connectivity index (χ2v) is 18.7. The molecular weight excluding hydrogens is 877 g/mol. The van der Waals surface area contributed by atoms with Gasteiger partial charge in [-0.15, -0.1) is 0 Å². The van der Waals surface area contributed by atoms with E-state index in [0.29, 0.717) is 74.4 Å². The predicted octanol–water partition coefficient (Wildman–Crippen LogP) is 10.9. The number of alkyl halides is 3. The topological polar surface area (TPSA) is 182 Å². The predicted molar refractivity (Wildman–Crippen MR) is 223 cm³/mol. The fraction of sp³-hybridized carbons (Fsp3) is 0.282. The number of anilines is 4. The van der Waals surface area contributed by atoms with Gasteiger partial charge in [-0.1, -0.05) is 48.4 Å². The van der Waals surface area contributed by atoms with Gasteiger partial charge < -0.3 is 9.97 Å². The summed E-state index contributed by atoms with van der Waals surface area (Å²) in [6.07, 6.45) is 9.08. The number of ketones is 2. The Labute approximate surface area is 361 Å². The van der Waals surface area contributed by atoms with Gasteiger partial charge in [0.15, 0.2) is 32.1 Å². The maximum absolute atomic E-state index is 15.2. The van der Waals surface area contributed by atoms with Crippen molar-refractivity contribution in [2.45, 2.75) is 76.3 Å². The van der Waals surface area contributed by atoms with Crippen molar-refractivity contribution in [2.24, 2.45) is 11.8 Å². The van der Waals surface area contributed by atoms with E-state index >= 15 is 4.39 Å². The van der Waals surface area contributed by atoms with E-state index < -0.39 is 64.3 Å². The zero-order chi connectivity index (χ0) is 42.7. The molecule has 14 nitrogen and oxygen atoms in total. The Morgan fingerprint density at radius 3 is 1.57 bits per heavy atom. The lowest BCUT2D eigenvalue weighted by Gasteiger charge is -2.36. The highest BCUT2D eigenvalue weighted by Crippen LogP contribution is 2.41. The molecule has 22 heteroatoms. The molecule has 6 aromatic rings. The van der Waals surface area contributed by atoms with Crippen molar-refractivity contribution in [2.75, 3.05) is 20.7 Å². The summed E-state index contributed by atoms with van der Waals surface area (Å²) in [5, 5.41) is 7.86. The lowest BCUT2D eigenvalue weighted by molar-refractivity contribution is -0.137. The summed E-state index contributed by atoms with van der Waals surface area (Å²) in [6, 6.07) is 3.15. The molecule has 0 bridgehead atoms. The van der Waals surface area contributed by atoms with Crippen molar-refractivity contribution in [3.8, 4) is 0 Å². The van der Waals surface area contributed by atoms with Crippen LogP contribution in [-0.2, 0) is 6.18 Å². The van der Waals surface area contributed by atoms with E-state index in [0.717, 1.165) is 64.8 Å². The molecule has 2 fully saturated rings. The van der Waals surface area contributed by atoms with Crippen molar-refractivity contribution in [1.82, 2.24) is 29.9 Å². The third kappa shape index (κ3) is 9.66. The molecule has 8 rings (SSSR count). The first kappa shape index (κ1) is 42.1. The average molecular weight is 911 g/mol. The summed E-state index contributed by atoms with van der Waals surface area (Å²) >= 11 is 4.52. The molecule has 0 aliphatic heterocycles. The molecule has 2 saturated carbocycles. The number of benzene rings is 2. The molecule has 4 heterocycles. The number of amides is 4. The van der Waals surface area contributed by atoms with Gasteiger partial charge >= 0.3 is 18.2 Å². The van der Waals surface area contributed by atoms with Gasteiger partial charge in [-0.3, -0.25) is 20.2 Å². The molecule has 2 aromatic carbocycles. The van der Waals surface area contributed by atoms with E-state index in [4.69, 9.17) is 0 Å². The maximum atomic E-state index is 15.2. The molecule has 0 unspecified atom stereocenters. The van der Waals surface area contributed by atoms with Crippen LogP contribution in [0.25, 0.3) is 0 Å². The first-order valence-corrected chi connectivity index (χ1v) is 22.3. The molecule has 0 radical (unpaired) electrons. The Hall–Kier alpha value is -5.58. The van der Waals surface area contributed by atoms with Crippen LogP contribution in [0.5, 0.6) is 0 Å². The van der Waals surface area contributed by atoms with E-state index in [1.54, 1.807) is 24.8 Å². The summed E-state index contributed by atoms with van der Waals surface area (Å²) in [5.74, 6) is -3.16. The zero-order valence-electron chi connectivity index (χ0n) is 31.7. The number of H-pyrrole nitrogens is 2. The monoisotopic (exact) mass is 910 g/mol. The number of carbonyl (C=O) groups is 4. The number of nitrogens with one attached hydrogen (secondary N) is 4. The number of hydrogen-bond acceptors (Lipinski definition) is 12. The van der Waals surface area contributed by atoms with Gasteiger partial charge in [-0.25, -0.2) is 33.9 Å². The minimum absolute atomic E-state index is 0.0147. The minimum atomic E-state index is -4.88. The molecule has 0 atom stereocenters. The van der Waals surface area contributed by atoms with Crippen LogP contribution in [0.4, 0.5) is 48.8 Å². The smallest absolute Gasteiger partial charge is 0.339 e. The normalized spacial score (nSPS) is 14.6. The molecule has 2 aliphatic carbocycles. The van der Waals surface area contributed by atoms with Crippen LogP contribution in [-0.4, -0.2) is 53.5 Å². The van der Waals surface area contributed by atoms with Crippen LogP contribution in [0.1, 0.15) is 77.6 Å². The second kappa shape index (κ2) is 18.2. The molecule has 316 valence electrons. The van der Waals surface area contributed by atoms with Crippen LogP contribution in [0.3, 0.4) is 0 Å². The van der Waals surface area contributed by atoms with Crippen molar-refractivity contribution in [3.05, 3.63) is 96.1 Å². The molecule has 4 aromatic heterocycles. The zero-order valence-corrected chi connectivity index (χ0v) is 35.0. The van der Waals surface area contributed by atoms with Crippen molar-refractivity contribution >= 4 is 91.5 Å². The largest absolute Gasteiger partial charge is 0.416 e. The first-order valence-electron chi connectivity index (χ1n) is 19.0. The fourth-order valence-corrected chi connectivity index (χ4v) is 10.7. The number of halogens is 4. The van der Waals surface area contributed by atoms with E-state index in [9.17, 15) is 32.3 Å². The summed E-state index contributed by atoms with van der Waals surface area (Å²) in [6.45, 7) is 0. The third-order valence-electron chi connectivity index (χ3n) is 10.0. The summed E-state index contributed by atoms with van der Waals surface area (Å²) in [5.41, 5.74) is -2.58. The molecule has 0 saturated heterocycles. The number of hydrogen-bond donors (Lipinski definition) is 4. The van der Waals surface area contributed by atoms with E-state index in [2.05, 4.69) is 40.5 Å². The highest BCUT2D eigenvalue weighted by atomic mass is 32.2. The number of imidazole rings is 2. The van der Waals surface area contributed by atoms with Crippen molar-refractivity contribution in [3.63, 3.8) is 0 Å². The van der Waals surface area contributed by atoms with Gasteiger partial charge in [0.25, 0.3) is 0 Å². The molecular formula is C39H34F4N10O4S4. The number of aromatic nitrogens is 6. The van der Waals surface area contributed by atoms with E-state index in [1.807, 2.05) is 0 Å². The molecule has 0 spiro atoms. The lowest BCUT2D eigenvalue weighted by Crippen LogP contribution is -2.55. The van der Waals surface area contributed by atoms with E-state index in [1.165, 1.54) is 35.9 Å². The second-order valence-electron chi connectivity index (χ2n) is 14.0. The maximum Gasteiger partial charge on any atom is 0.416 e. The standard InChI is InChI=1S/C39H34F4N10O4S4/c40-24-10-12-28(26(18-24)32(55)22-7-3-4-8-22)53(38(57)51-36-49-20-30(61-36)59-34-46-15-16-47-34)52(37(56)50-35-48-19-29(60-35)58-33-44-13-14-45-33)27-11-9-23(39(41,42)43)17-25(27)31(54)21-5-1-2-6-21/h9-22H,1-8H2,(H,44,45)(H,46,47)(H,48,50,56)(H,49,51,57). The summed E-state index contributed by atoms with van der Waals surface area (Å²) < 4.78 is 59.6. The lowest BCUT2D eigenvalue weighted by atomic mass is 9.93. The number of nitrogens with zero attached hydrogens (tertiary/aromatic N) is 6. The third-order valence-corrected chi connectivity index (χ3v) is 13.9. The minimum Gasteiger partial charge on any atom is -0.339 e. The highest BCUT2D eigenvalue weighted by Gasteiger charge is 2.40. The number of thiazole rings is 2. The number of aromatic amines is 2. The Kier molecular flexibility index (Phi) is 12.6. The van der Waals surface area contributed by atoms with Crippen molar-refractivity contribution < 1.29 is 36.7 Å². The van der Waals surface area contributed by atoms with Crippen LogP contribution < -0.4 is 20.7 Å². The summed E-state index contributed by atoms with van der Waals surface area (Å²) in [4.78, 5) is 81.5. The molecule has 4 N–H and O–H groups in total. The average Bonchev–Trinajstić information content (AvgIpc) is 4.09. The number of hydrazine groups is 1. The van der Waals surface area contributed by atoms with E-state index in [-0.39, 0.29) is 21.5 Å². The van der Waals surface area contributed by atoms with Gasteiger partial charge in [-0.05, 0) is 85.6 Å². The van der Waals surface area contributed by atoms with Gasteiger partial charge in [0, 0.05) is 47.8 Å². The quantitative estimate of drug-likeness (QED) is 0.0524. The fourth-order valence-electron chi connectivity index (χ4n) is 7.24. The first-order chi connectivity index (χ1) is 29.4. The van der Waals surface area contributed by atoms with Crippen LogP contribution >= 0.6 is 46.2 Å². The molecule has 2 aliphatic rings. The summed E-state index contributed by atoms with van der Waals surface area (Å²) in [7, 11) is 0. The van der Waals surface area contributed by atoms with Gasteiger partial charge in [0.1, 0.15) is 5.82 Å². The van der Waals surface area contributed by atoms with Crippen LogP contribution in [0.2, 0.25) is 0 Å². The van der Waals surface area contributed by atoms with Crippen LogP contribution in [0, 0.1) is 17.7 Å². The number of carbonyl (C=O) groups excluding carboxylic acids is 4. The van der Waals surface area contributed by atoms with Crippen molar-refractivity contribution in [1.29, 1.82) is 0 Å². The highest BCUT2D eigenvalue weighted by molar-refractivity contribution is 8.01. The number of Topliss-reactive ketones (excluding diaryl/α,β-unsaturated/α-hetero) is 2. The number of urea groups is 2. The Morgan fingerprint density at radius 2 is 1.13 bits per heavy atom. The number of rotatable bonds is 12. The Bertz CT molecular complexity index is 2540.